The van der Waals surface area contributed by atoms with Crippen molar-refractivity contribution in [1.29, 1.82) is 0 Å². The van der Waals surface area contributed by atoms with E-state index in [2.05, 4.69) is 20.9 Å². The predicted molar refractivity (Wildman–Crippen MR) is 134 cm³/mol. The van der Waals surface area contributed by atoms with Crippen LogP contribution < -0.4 is 10.3 Å². The highest BCUT2D eigenvalue weighted by Crippen LogP contribution is 2.48. The Labute approximate surface area is 213 Å². The van der Waals surface area contributed by atoms with Crippen molar-refractivity contribution in [2.24, 2.45) is 0 Å². The highest BCUT2D eigenvalue weighted by atomic mass is 79.9. The lowest BCUT2D eigenvalue weighted by Crippen LogP contribution is -2.30. The van der Waals surface area contributed by atoms with E-state index in [0.29, 0.717) is 50.2 Å². The lowest BCUT2D eigenvalue weighted by Gasteiger charge is -2.17. The number of para-hydroxylation sites is 1. The first kappa shape index (κ1) is 26.0. The van der Waals surface area contributed by atoms with Crippen molar-refractivity contribution in [2.45, 2.75) is 39.2 Å². The van der Waals surface area contributed by atoms with Gasteiger partial charge in [-0.3, -0.25) is 14.1 Å². The molecule has 0 spiro atoms. The smallest absolute Gasteiger partial charge is 0.472 e. The molecule has 0 saturated carbocycles. The van der Waals surface area contributed by atoms with Crippen molar-refractivity contribution in [3.63, 3.8) is 0 Å². The number of sulfonamides is 1. The predicted octanol–water partition coefficient (Wildman–Crippen LogP) is 5.86. The van der Waals surface area contributed by atoms with Crippen molar-refractivity contribution in [2.75, 3.05) is 4.72 Å². The molecule has 0 amide bonds. The fourth-order valence-electron chi connectivity index (χ4n) is 4.04. The minimum Gasteiger partial charge on any atom is -0.472 e. The zero-order chi connectivity index (χ0) is 26.4. The Morgan fingerprint density at radius 3 is 2.47 bits per heavy atom. The van der Waals surface area contributed by atoms with Crippen molar-refractivity contribution >= 4 is 31.6 Å². The molecular formula is C24H21BrF3N3O4S. The maximum atomic E-state index is 13.2. The van der Waals surface area contributed by atoms with Gasteiger partial charge in [-0.05, 0) is 53.0 Å². The summed E-state index contributed by atoms with van der Waals surface area (Å²) in [7, 11) is -5.67. The number of nitrogens with one attached hydrogen (secondary N) is 1. The molecule has 190 valence electrons. The van der Waals surface area contributed by atoms with Gasteiger partial charge in [-0.1, -0.05) is 25.1 Å². The quantitative estimate of drug-likeness (QED) is 0.307. The highest BCUT2D eigenvalue weighted by molar-refractivity contribution is 9.10. The Morgan fingerprint density at radius 1 is 1.11 bits per heavy atom. The number of hydrogen-bond donors (Lipinski definition) is 1. The van der Waals surface area contributed by atoms with E-state index in [-0.39, 0.29) is 23.4 Å². The van der Waals surface area contributed by atoms with Gasteiger partial charge in [0.05, 0.1) is 24.8 Å². The number of hydrogen-bond acceptors (Lipinski definition) is 5. The van der Waals surface area contributed by atoms with Gasteiger partial charge < -0.3 is 4.42 Å². The van der Waals surface area contributed by atoms with E-state index < -0.39 is 15.5 Å². The number of benzene rings is 1. The van der Waals surface area contributed by atoms with E-state index >= 15 is 0 Å². The van der Waals surface area contributed by atoms with Crippen molar-refractivity contribution in [1.82, 2.24) is 9.55 Å². The molecule has 1 N–H and O–H groups in total. The van der Waals surface area contributed by atoms with Gasteiger partial charge in [0, 0.05) is 38.8 Å². The SMILES string of the molecule is CCc1nc(C)c(C)c(=O)n1Cc1c2ccocc-2c(Br)c1-c1ccccc1NS(=O)(=O)C(F)(F)F. The molecule has 1 aliphatic carbocycles. The van der Waals surface area contributed by atoms with Crippen LogP contribution in [0.2, 0.25) is 0 Å². The zero-order valence-corrected chi connectivity index (χ0v) is 21.8. The normalized spacial score (nSPS) is 12.3. The average Bonchev–Trinajstić information content (AvgIpc) is 3.10. The number of alkyl halides is 3. The second-order valence-electron chi connectivity index (χ2n) is 8.13. The Morgan fingerprint density at radius 2 is 1.81 bits per heavy atom. The van der Waals surface area contributed by atoms with Crippen molar-refractivity contribution in [3.8, 4) is 22.3 Å². The van der Waals surface area contributed by atoms with E-state index in [4.69, 9.17) is 4.42 Å². The van der Waals surface area contributed by atoms with E-state index in [1.165, 1.54) is 35.3 Å². The van der Waals surface area contributed by atoms with Crippen LogP contribution in [-0.4, -0.2) is 23.5 Å². The van der Waals surface area contributed by atoms with Crippen LogP contribution in [0.25, 0.3) is 22.3 Å². The number of fused-ring (bicyclic) bond motifs is 1. The molecule has 0 saturated heterocycles. The van der Waals surface area contributed by atoms with Crippen LogP contribution in [0.3, 0.4) is 0 Å². The summed E-state index contributed by atoms with van der Waals surface area (Å²) in [6.07, 6.45) is 3.39. The first-order valence-electron chi connectivity index (χ1n) is 10.8. The van der Waals surface area contributed by atoms with Crippen LogP contribution in [0, 0.1) is 13.8 Å². The van der Waals surface area contributed by atoms with Gasteiger partial charge in [-0.2, -0.15) is 21.6 Å². The molecular weight excluding hydrogens is 563 g/mol. The fraction of sp³-hybridized carbons (Fsp3) is 0.250. The maximum Gasteiger partial charge on any atom is 0.516 e. The number of halogens is 4. The third kappa shape index (κ3) is 4.43. The molecule has 2 heterocycles. The van der Waals surface area contributed by atoms with E-state index in [0.717, 1.165) is 0 Å². The van der Waals surface area contributed by atoms with E-state index in [1.807, 2.05) is 6.92 Å². The molecule has 7 nitrogen and oxygen atoms in total. The Bertz CT molecular complexity index is 1590. The summed E-state index contributed by atoms with van der Waals surface area (Å²) >= 11 is 3.52. The van der Waals surface area contributed by atoms with Gasteiger partial charge in [0.15, 0.2) is 0 Å². The van der Waals surface area contributed by atoms with Gasteiger partial charge in [-0.25, -0.2) is 4.98 Å². The number of rotatable bonds is 6. The number of nitrogens with zero attached hydrogens (tertiary/aromatic N) is 2. The summed E-state index contributed by atoms with van der Waals surface area (Å²) in [5, 5.41) is 0. The van der Waals surface area contributed by atoms with Crippen LogP contribution in [0.5, 0.6) is 0 Å². The molecule has 12 heteroatoms. The minimum absolute atomic E-state index is 0.0535. The lowest BCUT2D eigenvalue weighted by molar-refractivity contribution is -0.0429. The molecule has 1 aromatic heterocycles. The summed E-state index contributed by atoms with van der Waals surface area (Å²) in [5.41, 5.74) is -2.37. The Kier molecular flexibility index (Phi) is 6.78. The summed E-state index contributed by atoms with van der Waals surface area (Å²) < 4.78 is 72.3. The average molecular weight is 584 g/mol. The number of anilines is 1. The maximum absolute atomic E-state index is 13.2. The number of aromatic nitrogens is 2. The molecule has 2 aliphatic rings. The number of aryl methyl sites for hydroxylation is 2. The van der Waals surface area contributed by atoms with Crippen LogP contribution in [-0.2, 0) is 23.0 Å². The Hall–Kier alpha value is -3.12. The first-order chi connectivity index (χ1) is 16.9. The molecule has 4 rings (SSSR count). The fourth-order valence-corrected chi connectivity index (χ4v) is 5.39. The van der Waals surface area contributed by atoms with Crippen molar-refractivity contribution in [3.05, 3.63) is 80.3 Å². The standard InChI is InChI=1S/C24H21BrF3N3O4S/c1-4-20-29-14(3)13(2)23(32)31(20)11-17-15-9-10-35-12-18(15)22(25)21(17)16-7-5-6-8-19(16)30-36(33,34)24(26,27)28/h5-10,12,30H,4,11H2,1-3H3. The van der Waals surface area contributed by atoms with Gasteiger partial charge in [0.1, 0.15) is 5.82 Å². The van der Waals surface area contributed by atoms with Crippen LogP contribution in [0.15, 0.2) is 56.5 Å². The summed E-state index contributed by atoms with van der Waals surface area (Å²) in [4.78, 5) is 17.8. The van der Waals surface area contributed by atoms with Crippen LogP contribution in [0.4, 0.5) is 18.9 Å². The molecule has 0 fully saturated rings. The lowest BCUT2D eigenvalue weighted by atomic mass is 10.0. The molecule has 0 atom stereocenters. The molecule has 0 radical (unpaired) electrons. The van der Waals surface area contributed by atoms with E-state index in [9.17, 15) is 26.4 Å². The molecule has 2 aromatic rings. The van der Waals surface area contributed by atoms with Gasteiger partial charge in [0.2, 0.25) is 0 Å². The van der Waals surface area contributed by atoms with E-state index in [1.54, 1.807) is 30.7 Å². The summed E-state index contributed by atoms with van der Waals surface area (Å²) in [6, 6.07) is 7.46. The molecule has 1 aliphatic heterocycles. The molecule has 0 bridgehead atoms. The van der Waals surface area contributed by atoms with Crippen LogP contribution in [0.1, 0.15) is 29.6 Å². The van der Waals surface area contributed by atoms with Crippen molar-refractivity contribution < 1.29 is 26.0 Å². The molecule has 1 aromatic carbocycles. The minimum atomic E-state index is -5.67. The third-order valence-electron chi connectivity index (χ3n) is 5.97. The second-order valence-corrected chi connectivity index (χ2v) is 10.6. The summed E-state index contributed by atoms with van der Waals surface area (Å²) in [5.74, 6) is 0.547. The largest absolute Gasteiger partial charge is 0.516 e. The van der Waals surface area contributed by atoms with Crippen LogP contribution >= 0.6 is 15.9 Å². The second kappa shape index (κ2) is 9.40. The first-order valence-corrected chi connectivity index (χ1v) is 13.1. The molecule has 0 unspecified atom stereocenters. The highest BCUT2D eigenvalue weighted by Gasteiger charge is 2.46. The van der Waals surface area contributed by atoms with Gasteiger partial charge >= 0.3 is 15.5 Å². The zero-order valence-electron chi connectivity index (χ0n) is 19.4. The third-order valence-corrected chi connectivity index (χ3v) is 7.89. The molecule has 36 heavy (non-hydrogen) atoms. The van der Waals surface area contributed by atoms with Gasteiger partial charge in [-0.15, -0.1) is 0 Å². The monoisotopic (exact) mass is 583 g/mol. The Balaban J connectivity index is 1.99. The summed E-state index contributed by atoms with van der Waals surface area (Å²) in [6.45, 7) is 5.36. The van der Waals surface area contributed by atoms with Gasteiger partial charge in [0.25, 0.3) is 5.56 Å². The topological polar surface area (TPSA) is 94.2 Å².